The van der Waals surface area contributed by atoms with Crippen molar-refractivity contribution in [2.75, 3.05) is 13.7 Å². The summed E-state index contributed by atoms with van der Waals surface area (Å²) in [6.45, 7) is 4.82. The van der Waals surface area contributed by atoms with Crippen molar-refractivity contribution in [3.63, 3.8) is 0 Å². The van der Waals surface area contributed by atoms with Crippen LogP contribution < -0.4 is 0 Å². The van der Waals surface area contributed by atoms with E-state index < -0.39 is 6.10 Å². The molecule has 0 aliphatic rings. The van der Waals surface area contributed by atoms with Gasteiger partial charge >= 0.3 is 0 Å². The number of aliphatic hydroxyl groups is 1. The van der Waals surface area contributed by atoms with Gasteiger partial charge in [0.05, 0.1) is 24.9 Å². The van der Waals surface area contributed by atoms with Crippen LogP contribution in [0.15, 0.2) is 30.3 Å². The first-order valence-electron chi connectivity index (χ1n) is 6.38. The van der Waals surface area contributed by atoms with Gasteiger partial charge in [-0.15, -0.1) is 0 Å². The van der Waals surface area contributed by atoms with Crippen LogP contribution in [-0.4, -0.2) is 34.7 Å². The van der Waals surface area contributed by atoms with Gasteiger partial charge in [0.1, 0.15) is 0 Å². The maximum Gasteiger partial charge on any atom is 0.0968 e. The SMILES string of the molecule is COCC(O)Cn1nc(-c2ccc(C)cc2)cc1C. The highest BCUT2D eigenvalue weighted by atomic mass is 16.5. The van der Waals surface area contributed by atoms with E-state index in [9.17, 15) is 5.11 Å². The lowest BCUT2D eigenvalue weighted by atomic mass is 10.1. The van der Waals surface area contributed by atoms with Gasteiger partial charge in [-0.1, -0.05) is 29.8 Å². The number of aromatic nitrogens is 2. The summed E-state index contributed by atoms with van der Waals surface area (Å²) < 4.78 is 6.75. The normalized spacial score (nSPS) is 12.6. The largest absolute Gasteiger partial charge is 0.389 e. The van der Waals surface area contributed by atoms with E-state index in [2.05, 4.69) is 36.3 Å². The summed E-state index contributed by atoms with van der Waals surface area (Å²) in [7, 11) is 1.58. The highest BCUT2D eigenvalue weighted by Crippen LogP contribution is 2.19. The van der Waals surface area contributed by atoms with Crippen molar-refractivity contribution in [3.8, 4) is 11.3 Å². The molecule has 1 aromatic heterocycles. The molecule has 1 unspecified atom stereocenters. The number of benzene rings is 1. The van der Waals surface area contributed by atoms with Gasteiger partial charge in [0, 0.05) is 18.4 Å². The topological polar surface area (TPSA) is 47.3 Å². The van der Waals surface area contributed by atoms with Crippen LogP contribution in [0.3, 0.4) is 0 Å². The summed E-state index contributed by atoms with van der Waals surface area (Å²) in [6.07, 6.45) is -0.533. The van der Waals surface area contributed by atoms with Gasteiger partial charge < -0.3 is 9.84 Å². The number of aliphatic hydroxyl groups excluding tert-OH is 1. The molecule has 1 heterocycles. The summed E-state index contributed by atoms with van der Waals surface area (Å²) in [5.74, 6) is 0. The fraction of sp³-hybridized carbons (Fsp3) is 0.400. The van der Waals surface area contributed by atoms with Crippen molar-refractivity contribution >= 4 is 0 Å². The van der Waals surface area contributed by atoms with Crippen LogP contribution in [0.4, 0.5) is 0 Å². The molecule has 1 aromatic carbocycles. The summed E-state index contributed by atoms with van der Waals surface area (Å²) in [6, 6.07) is 10.3. The monoisotopic (exact) mass is 260 g/mol. The predicted octanol–water partition coefficient (Wildman–Crippen LogP) is 2.17. The van der Waals surface area contributed by atoms with Gasteiger partial charge in [-0.05, 0) is 19.9 Å². The number of rotatable bonds is 5. The molecule has 0 amide bonds. The Bertz CT molecular complexity index is 532. The van der Waals surface area contributed by atoms with Gasteiger partial charge in [0.25, 0.3) is 0 Å². The Morgan fingerprint density at radius 3 is 2.58 bits per heavy atom. The number of aryl methyl sites for hydroxylation is 2. The van der Waals surface area contributed by atoms with Crippen LogP contribution in [0.1, 0.15) is 11.3 Å². The lowest BCUT2D eigenvalue weighted by Gasteiger charge is -2.10. The van der Waals surface area contributed by atoms with Crippen molar-refractivity contribution < 1.29 is 9.84 Å². The highest BCUT2D eigenvalue weighted by molar-refractivity contribution is 5.59. The van der Waals surface area contributed by atoms with Crippen molar-refractivity contribution in [1.82, 2.24) is 9.78 Å². The average Bonchev–Trinajstić information content (AvgIpc) is 2.72. The minimum atomic E-state index is -0.533. The average molecular weight is 260 g/mol. The number of nitrogens with zero attached hydrogens (tertiary/aromatic N) is 2. The molecule has 0 aliphatic heterocycles. The van der Waals surface area contributed by atoms with Crippen molar-refractivity contribution in [3.05, 3.63) is 41.6 Å². The van der Waals surface area contributed by atoms with Gasteiger partial charge in [-0.2, -0.15) is 5.10 Å². The fourth-order valence-corrected chi connectivity index (χ4v) is 2.01. The van der Waals surface area contributed by atoms with E-state index in [-0.39, 0.29) is 0 Å². The molecule has 0 radical (unpaired) electrons. The van der Waals surface area contributed by atoms with Crippen LogP contribution >= 0.6 is 0 Å². The summed E-state index contributed by atoms with van der Waals surface area (Å²) in [5.41, 5.74) is 4.29. The molecule has 0 spiro atoms. The number of hydrogen-bond donors (Lipinski definition) is 1. The molecule has 4 nitrogen and oxygen atoms in total. The molecule has 2 aromatic rings. The fourth-order valence-electron chi connectivity index (χ4n) is 2.01. The third-order valence-corrected chi connectivity index (χ3v) is 3.07. The van der Waals surface area contributed by atoms with E-state index in [4.69, 9.17) is 4.74 Å². The van der Waals surface area contributed by atoms with Crippen LogP contribution in [-0.2, 0) is 11.3 Å². The number of hydrogen-bond acceptors (Lipinski definition) is 3. The molecule has 102 valence electrons. The Balaban J connectivity index is 2.18. The molecule has 2 rings (SSSR count). The molecule has 4 heteroatoms. The highest BCUT2D eigenvalue weighted by Gasteiger charge is 2.10. The predicted molar refractivity (Wildman–Crippen MR) is 75.0 cm³/mol. The Morgan fingerprint density at radius 2 is 1.95 bits per heavy atom. The molecule has 1 N–H and O–H groups in total. The Morgan fingerprint density at radius 1 is 1.26 bits per heavy atom. The minimum absolute atomic E-state index is 0.319. The lowest BCUT2D eigenvalue weighted by Crippen LogP contribution is -2.22. The first-order valence-corrected chi connectivity index (χ1v) is 6.38. The number of methoxy groups -OCH3 is 1. The molecule has 1 atom stereocenters. The van der Waals surface area contributed by atoms with E-state index in [1.54, 1.807) is 7.11 Å². The van der Waals surface area contributed by atoms with Crippen LogP contribution in [0.25, 0.3) is 11.3 Å². The lowest BCUT2D eigenvalue weighted by molar-refractivity contribution is 0.0510. The molecule has 0 aliphatic carbocycles. The maximum atomic E-state index is 9.76. The standard InChI is InChI=1S/C15H20N2O2/c1-11-4-6-13(7-5-11)15-8-12(2)17(16-15)9-14(18)10-19-3/h4-8,14,18H,9-10H2,1-3H3. The Kier molecular flexibility index (Phi) is 4.35. The van der Waals surface area contributed by atoms with E-state index in [0.29, 0.717) is 13.2 Å². The number of ether oxygens (including phenoxy) is 1. The first-order chi connectivity index (χ1) is 9.10. The molecule has 0 fully saturated rings. The van der Waals surface area contributed by atoms with Crippen LogP contribution in [0.2, 0.25) is 0 Å². The van der Waals surface area contributed by atoms with E-state index in [0.717, 1.165) is 17.0 Å². The van der Waals surface area contributed by atoms with Gasteiger partial charge in [-0.25, -0.2) is 0 Å². The van der Waals surface area contributed by atoms with Gasteiger partial charge in [-0.3, -0.25) is 4.68 Å². The van der Waals surface area contributed by atoms with E-state index >= 15 is 0 Å². The smallest absolute Gasteiger partial charge is 0.0968 e. The molecular weight excluding hydrogens is 240 g/mol. The van der Waals surface area contributed by atoms with Crippen LogP contribution in [0, 0.1) is 13.8 Å². The maximum absolute atomic E-state index is 9.76. The first kappa shape index (κ1) is 13.8. The zero-order chi connectivity index (χ0) is 13.8. The van der Waals surface area contributed by atoms with E-state index in [1.165, 1.54) is 5.56 Å². The molecule has 0 saturated heterocycles. The van der Waals surface area contributed by atoms with Crippen molar-refractivity contribution in [1.29, 1.82) is 0 Å². The second-order valence-electron chi connectivity index (χ2n) is 4.83. The molecule has 0 bridgehead atoms. The second-order valence-corrected chi connectivity index (χ2v) is 4.83. The molecule has 0 saturated carbocycles. The zero-order valence-corrected chi connectivity index (χ0v) is 11.6. The zero-order valence-electron chi connectivity index (χ0n) is 11.6. The summed E-state index contributed by atoms with van der Waals surface area (Å²) in [4.78, 5) is 0. The summed E-state index contributed by atoms with van der Waals surface area (Å²) in [5, 5.41) is 14.3. The van der Waals surface area contributed by atoms with Crippen molar-refractivity contribution in [2.24, 2.45) is 0 Å². The second kappa shape index (κ2) is 5.99. The molecule has 19 heavy (non-hydrogen) atoms. The molecular formula is C15H20N2O2. The Labute approximate surface area is 113 Å². The van der Waals surface area contributed by atoms with Crippen LogP contribution in [0.5, 0.6) is 0 Å². The van der Waals surface area contributed by atoms with E-state index in [1.807, 2.05) is 17.7 Å². The Hall–Kier alpha value is -1.65. The van der Waals surface area contributed by atoms with Crippen molar-refractivity contribution in [2.45, 2.75) is 26.5 Å². The third-order valence-electron chi connectivity index (χ3n) is 3.07. The summed E-state index contributed by atoms with van der Waals surface area (Å²) >= 11 is 0. The van der Waals surface area contributed by atoms with Gasteiger partial charge in [0.2, 0.25) is 0 Å². The van der Waals surface area contributed by atoms with Gasteiger partial charge in [0.15, 0.2) is 0 Å². The minimum Gasteiger partial charge on any atom is -0.389 e. The quantitative estimate of drug-likeness (QED) is 0.896. The third kappa shape index (κ3) is 3.43.